The van der Waals surface area contributed by atoms with Crippen molar-refractivity contribution in [3.8, 4) is 0 Å². The van der Waals surface area contributed by atoms with E-state index >= 15 is 0 Å². The van der Waals surface area contributed by atoms with Crippen LogP contribution >= 0.6 is 12.4 Å². The molecule has 1 unspecified atom stereocenters. The van der Waals surface area contributed by atoms with E-state index < -0.39 is 0 Å². The van der Waals surface area contributed by atoms with E-state index in [2.05, 4.69) is 4.90 Å². The average molecular weight is 406 g/mol. The van der Waals surface area contributed by atoms with E-state index in [1.54, 1.807) is 15.9 Å². The van der Waals surface area contributed by atoms with Gasteiger partial charge in [-0.3, -0.25) is 24.3 Å². The van der Waals surface area contributed by atoms with Crippen molar-refractivity contribution in [3.63, 3.8) is 0 Å². The fourth-order valence-corrected chi connectivity index (χ4v) is 3.46. The second-order valence-electron chi connectivity index (χ2n) is 6.38. The predicted molar refractivity (Wildman–Crippen MR) is 115 cm³/mol. The molecule has 1 atom stereocenters. The van der Waals surface area contributed by atoms with Crippen molar-refractivity contribution in [1.82, 2.24) is 4.90 Å². The van der Waals surface area contributed by atoms with E-state index in [9.17, 15) is 9.59 Å². The van der Waals surface area contributed by atoms with Crippen LogP contribution in [0.2, 0.25) is 0 Å². The minimum absolute atomic E-state index is 0. The molecule has 0 radical (unpaired) electrons. The summed E-state index contributed by atoms with van der Waals surface area (Å²) < 4.78 is 0. The summed E-state index contributed by atoms with van der Waals surface area (Å²) in [6.45, 7) is 7.96. The molecule has 152 valence electrons. The number of carbonyl (C=O) groups excluding carboxylic acids is 2. The second kappa shape index (κ2) is 10.2. The van der Waals surface area contributed by atoms with Crippen LogP contribution in [0.5, 0.6) is 0 Å². The zero-order chi connectivity index (χ0) is 18.7. The number of hydrogen-bond acceptors (Lipinski definition) is 3. The maximum Gasteiger partial charge on any atom is 0.262 e. The van der Waals surface area contributed by atoms with Crippen LogP contribution in [0.1, 0.15) is 31.1 Å². The molecule has 2 N–H and O–H groups in total. The smallest absolute Gasteiger partial charge is 0.262 e. The van der Waals surface area contributed by atoms with E-state index in [0.717, 1.165) is 18.8 Å². The van der Waals surface area contributed by atoms with Crippen LogP contribution < -0.4 is 9.80 Å². The van der Waals surface area contributed by atoms with Gasteiger partial charge in [-0.15, -0.1) is 12.4 Å². The van der Waals surface area contributed by atoms with Crippen molar-refractivity contribution in [2.75, 3.05) is 29.4 Å². The van der Waals surface area contributed by atoms with E-state index in [0.29, 0.717) is 17.8 Å². The van der Waals surface area contributed by atoms with Gasteiger partial charge in [0, 0.05) is 5.69 Å². The first-order valence-corrected chi connectivity index (χ1v) is 9.10. The van der Waals surface area contributed by atoms with Crippen molar-refractivity contribution >= 4 is 35.6 Å². The highest BCUT2D eigenvalue weighted by atomic mass is 35.5. The lowest BCUT2D eigenvalue weighted by Crippen LogP contribution is -2.58. The van der Waals surface area contributed by atoms with Gasteiger partial charge in [0.25, 0.3) is 5.91 Å². The first kappa shape index (κ1) is 23.6. The number of anilines is 2. The van der Waals surface area contributed by atoms with E-state index in [1.165, 1.54) is 0 Å². The number of halogens is 1. The van der Waals surface area contributed by atoms with Gasteiger partial charge in [-0.1, -0.05) is 44.2 Å². The van der Waals surface area contributed by atoms with Crippen LogP contribution in [-0.4, -0.2) is 48.0 Å². The van der Waals surface area contributed by atoms with Crippen molar-refractivity contribution in [1.29, 1.82) is 0 Å². The van der Waals surface area contributed by atoms with Gasteiger partial charge in [0.05, 0.1) is 17.8 Å². The minimum Gasteiger partial charge on any atom is -0.412 e. The molecule has 28 heavy (non-hydrogen) atoms. The minimum atomic E-state index is -0.386. The summed E-state index contributed by atoms with van der Waals surface area (Å²) in [6.07, 6.45) is -0.386. The highest BCUT2D eigenvalue weighted by molar-refractivity contribution is 6.16. The second-order valence-corrected chi connectivity index (χ2v) is 6.38. The molecule has 2 amide bonds. The number of benzene rings is 2. The number of para-hydroxylation sites is 2. The molecule has 0 saturated heterocycles. The van der Waals surface area contributed by atoms with E-state index in [-0.39, 0.29) is 35.9 Å². The third-order valence-corrected chi connectivity index (χ3v) is 4.92. The lowest BCUT2D eigenvalue weighted by atomic mass is 10.0. The van der Waals surface area contributed by atoms with Gasteiger partial charge in [0.1, 0.15) is 6.17 Å². The molecule has 1 aliphatic heterocycles. The Hall–Kier alpha value is -2.41. The molecule has 1 heterocycles. The topological polar surface area (TPSA) is 75.4 Å². The summed E-state index contributed by atoms with van der Waals surface area (Å²) >= 11 is 0. The Morgan fingerprint density at radius 2 is 1.57 bits per heavy atom. The number of likely N-dealkylation sites (N-methyl/N-ethyl adjacent to an activating group) is 1. The van der Waals surface area contributed by atoms with Crippen molar-refractivity contribution in [3.05, 3.63) is 60.2 Å². The van der Waals surface area contributed by atoms with Gasteiger partial charge < -0.3 is 5.48 Å². The standard InChI is InChI=1S/C21H25N3O2.ClH.H2O/c1-4-22(5-2)15-20(25)24-16(3)23(17-11-7-6-8-12-17)21(26)18-13-9-10-14-19(18)24;;/h6-14,16H,4-5,15H2,1-3H3;1H;1H2. The average Bonchev–Trinajstić information content (AvgIpc) is 2.67. The van der Waals surface area contributed by atoms with Crippen molar-refractivity contribution in [2.24, 2.45) is 0 Å². The summed E-state index contributed by atoms with van der Waals surface area (Å²) in [6, 6.07) is 16.9. The normalized spacial score (nSPS) is 15.6. The number of nitrogens with zero attached hydrogens (tertiary/aromatic N) is 3. The third-order valence-electron chi connectivity index (χ3n) is 4.92. The zero-order valence-electron chi connectivity index (χ0n) is 16.5. The Kier molecular flexibility index (Phi) is 8.63. The molecule has 0 aromatic heterocycles. The highest BCUT2D eigenvalue weighted by Crippen LogP contribution is 2.34. The van der Waals surface area contributed by atoms with E-state index in [1.807, 2.05) is 69.3 Å². The molecule has 7 heteroatoms. The van der Waals surface area contributed by atoms with Crippen LogP contribution in [0.3, 0.4) is 0 Å². The molecule has 2 aromatic carbocycles. The van der Waals surface area contributed by atoms with Crippen LogP contribution in [-0.2, 0) is 4.79 Å². The first-order chi connectivity index (χ1) is 12.6. The SMILES string of the molecule is CCN(CC)CC(=O)N1c2ccccc2C(=O)N(c2ccccc2)C1C.Cl.O. The highest BCUT2D eigenvalue weighted by Gasteiger charge is 2.38. The van der Waals surface area contributed by atoms with Crippen LogP contribution in [0.4, 0.5) is 11.4 Å². The van der Waals surface area contributed by atoms with Gasteiger partial charge in [-0.25, -0.2) is 0 Å². The Bertz CT molecular complexity index is 796. The Morgan fingerprint density at radius 1 is 1.00 bits per heavy atom. The molecular weight excluding hydrogens is 378 g/mol. The fourth-order valence-electron chi connectivity index (χ4n) is 3.46. The van der Waals surface area contributed by atoms with Crippen LogP contribution in [0.15, 0.2) is 54.6 Å². The summed E-state index contributed by atoms with van der Waals surface area (Å²) in [5, 5.41) is 0. The number of hydrogen-bond donors (Lipinski definition) is 0. The Labute approximate surface area is 172 Å². The van der Waals surface area contributed by atoms with E-state index in [4.69, 9.17) is 0 Å². The van der Waals surface area contributed by atoms with Crippen molar-refractivity contribution in [2.45, 2.75) is 26.9 Å². The lowest BCUT2D eigenvalue weighted by Gasteiger charge is -2.43. The zero-order valence-corrected chi connectivity index (χ0v) is 17.3. The van der Waals surface area contributed by atoms with Crippen LogP contribution in [0.25, 0.3) is 0 Å². The molecule has 1 aliphatic rings. The molecule has 0 aliphatic carbocycles. The first-order valence-electron chi connectivity index (χ1n) is 9.10. The van der Waals surface area contributed by atoms with Crippen LogP contribution in [0, 0.1) is 0 Å². The third kappa shape index (κ3) is 4.35. The number of rotatable bonds is 5. The fraction of sp³-hybridized carbons (Fsp3) is 0.333. The number of fused-ring (bicyclic) bond motifs is 1. The number of amides is 2. The predicted octanol–water partition coefficient (Wildman–Crippen LogP) is 2.96. The molecule has 0 spiro atoms. The summed E-state index contributed by atoms with van der Waals surface area (Å²) in [5.74, 6) is -0.0757. The van der Waals surface area contributed by atoms with Gasteiger partial charge in [-0.2, -0.15) is 0 Å². The monoisotopic (exact) mass is 405 g/mol. The molecule has 3 rings (SSSR count). The molecule has 6 nitrogen and oxygen atoms in total. The maximum absolute atomic E-state index is 13.1. The lowest BCUT2D eigenvalue weighted by molar-refractivity contribution is -0.120. The summed E-state index contributed by atoms with van der Waals surface area (Å²) in [4.78, 5) is 31.8. The van der Waals surface area contributed by atoms with Gasteiger partial charge in [-0.05, 0) is 44.3 Å². The van der Waals surface area contributed by atoms with Gasteiger partial charge in [0.15, 0.2) is 0 Å². The van der Waals surface area contributed by atoms with Gasteiger partial charge in [0.2, 0.25) is 5.91 Å². The molecule has 0 saturated carbocycles. The largest absolute Gasteiger partial charge is 0.412 e. The molecule has 0 fully saturated rings. The van der Waals surface area contributed by atoms with Gasteiger partial charge >= 0.3 is 0 Å². The quantitative estimate of drug-likeness (QED) is 0.767. The summed E-state index contributed by atoms with van der Waals surface area (Å²) in [7, 11) is 0. The molecular formula is C21H28ClN3O3. The van der Waals surface area contributed by atoms with Crippen molar-refractivity contribution < 1.29 is 15.1 Å². The number of carbonyl (C=O) groups is 2. The summed E-state index contributed by atoms with van der Waals surface area (Å²) in [5.41, 5.74) is 2.04. The Morgan fingerprint density at radius 3 is 2.18 bits per heavy atom. The Balaban J connectivity index is 0.00000196. The molecule has 2 aromatic rings. The maximum atomic E-state index is 13.1. The molecule has 0 bridgehead atoms.